The van der Waals surface area contributed by atoms with Gasteiger partial charge in [0.2, 0.25) is 0 Å². The fourth-order valence-corrected chi connectivity index (χ4v) is 8.21. The summed E-state index contributed by atoms with van der Waals surface area (Å²) in [6, 6.07) is 0. The maximum absolute atomic E-state index is 13.5. The zero-order chi connectivity index (χ0) is 24.2. The molecule has 0 heterocycles. The van der Waals surface area contributed by atoms with Gasteiger partial charge >= 0.3 is 0 Å². The second kappa shape index (κ2) is 8.52. The standard InChI is InChI=1S/C24H36O8S/c1-22-9-7-16(25)11-15(22)5-6-17-18-8-10-24(31-14-30-3,20(27)13-32-33(4,28)29)23(18,2)12-19(26)21(17)22/h11,17-19,21,26H,5-10,12-14H2,1-4H3/t17-,18-,19-,21+,22-,23-,24-/m0/s1. The highest BCUT2D eigenvalue weighted by Crippen LogP contribution is 2.68. The summed E-state index contributed by atoms with van der Waals surface area (Å²) >= 11 is 0. The molecule has 0 aromatic rings. The monoisotopic (exact) mass is 484 g/mol. The number of carbonyl (C=O) groups is 2. The van der Waals surface area contributed by atoms with E-state index in [0.29, 0.717) is 19.3 Å². The molecule has 0 unspecified atom stereocenters. The van der Waals surface area contributed by atoms with Crippen LogP contribution in [0.5, 0.6) is 0 Å². The molecule has 7 atom stereocenters. The van der Waals surface area contributed by atoms with E-state index in [4.69, 9.17) is 13.7 Å². The van der Waals surface area contributed by atoms with E-state index in [0.717, 1.165) is 37.5 Å². The number of aliphatic hydroxyl groups is 1. The Kier molecular flexibility index (Phi) is 6.45. The van der Waals surface area contributed by atoms with Gasteiger partial charge in [0.1, 0.15) is 19.0 Å². The Morgan fingerprint density at radius 3 is 2.61 bits per heavy atom. The first-order chi connectivity index (χ1) is 15.4. The Morgan fingerprint density at radius 1 is 1.21 bits per heavy atom. The summed E-state index contributed by atoms with van der Waals surface area (Å²) in [5.74, 6) is 0.0721. The lowest BCUT2D eigenvalue weighted by atomic mass is 9.45. The van der Waals surface area contributed by atoms with E-state index in [1.807, 2.05) is 6.92 Å². The molecule has 4 rings (SSSR count). The van der Waals surface area contributed by atoms with E-state index in [-0.39, 0.29) is 35.7 Å². The molecule has 8 nitrogen and oxygen atoms in total. The molecular weight excluding hydrogens is 448 g/mol. The van der Waals surface area contributed by atoms with E-state index < -0.39 is 39.6 Å². The Hall–Kier alpha value is -1.13. The number of Topliss-reactive ketones (excluding diaryl/α,β-unsaturated/α-hetero) is 1. The molecule has 4 aliphatic carbocycles. The smallest absolute Gasteiger partial charge is 0.264 e. The summed E-state index contributed by atoms with van der Waals surface area (Å²) in [5.41, 5.74) is -1.05. The van der Waals surface area contributed by atoms with Crippen molar-refractivity contribution in [1.82, 2.24) is 0 Å². The lowest BCUT2D eigenvalue weighted by Gasteiger charge is -2.61. The Morgan fingerprint density at radius 2 is 1.94 bits per heavy atom. The van der Waals surface area contributed by atoms with Gasteiger partial charge in [-0.25, -0.2) is 0 Å². The summed E-state index contributed by atoms with van der Waals surface area (Å²) in [4.78, 5) is 25.5. The predicted octanol–water partition coefficient (Wildman–Crippen LogP) is 2.39. The maximum atomic E-state index is 13.5. The third kappa shape index (κ3) is 3.93. The van der Waals surface area contributed by atoms with Crippen LogP contribution in [0.4, 0.5) is 0 Å². The van der Waals surface area contributed by atoms with Crippen molar-refractivity contribution >= 4 is 21.7 Å². The number of aliphatic hydroxyl groups excluding tert-OH is 1. The molecule has 0 aliphatic heterocycles. The van der Waals surface area contributed by atoms with E-state index in [1.165, 1.54) is 7.11 Å². The molecule has 0 saturated heterocycles. The van der Waals surface area contributed by atoms with Crippen LogP contribution in [0.2, 0.25) is 0 Å². The van der Waals surface area contributed by atoms with Gasteiger partial charge in [0.15, 0.2) is 11.6 Å². The normalized spacial score (nSPS) is 42.8. The average molecular weight is 485 g/mol. The highest BCUT2D eigenvalue weighted by atomic mass is 32.2. The Labute approximate surface area is 196 Å². The van der Waals surface area contributed by atoms with Crippen LogP contribution >= 0.6 is 0 Å². The minimum atomic E-state index is -3.79. The van der Waals surface area contributed by atoms with Crippen LogP contribution in [-0.4, -0.2) is 63.6 Å². The van der Waals surface area contributed by atoms with Crippen molar-refractivity contribution in [3.63, 3.8) is 0 Å². The SMILES string of the molecule is COCO[C@]1(C(=O)COS(C)(=O)=O)CC[C@H]2[C@@H]3CCC4=CC(=O)CC[C@]4(C)[C@H]3[C@@H](O)C[C@@]21C. The van der Waals surface area contributed by atoms with Crippen LogP contribution < -0.4 is 0 Å². The molecule has 0 amide bonds. The van der Waals surface area contributed by atoms with E-state index in [9.17, 15) is 23.1 Å². The van der Waals surface area contributed by atoms with Crippen molar-refractivity contribution in [3.8, 4) is 0 Å². The van der Waals surface area contributed by atoms with Gasteiger partial charge in [-0.1, -0.05) is 19.4 Å². The fraction of sp³-hybridized carbons (Fsp3) is 0.833. The van der Waals surface area contributed by atoms with Crippen molar-refractivity contribution in [2.24, 2.45) is 28.6 Å². The zero-order valence-electron chi connectivity index (χ0n) is 20.0. The molecule has 0 aromatic carbocycles. The predicted molar refractivity (Wildman–Crippen MR) is 120 cm³/mol. The highest BCUT2D eigenvalue weighted by Gasteiger charge is 2.69. The van der Waals surface area contributed by atoms with E-state index >= 15 is 0 Å². The first-order valence-corrected chi connectivity index (χ1v) is 13.6. The van der Waals surface area contributed by atoms with Crippen molar-refractivity contribution in [1.29, 1.82) is 0 Å². The van der Waals surface area contributed by atoms with Gasteiger partial charge in [-0.15, -0.1) is 0 Å². The highest BCUT2D eigenvalue weighted by molar-refractivity contribution is 7.86. The van der Waals surface area contributed by atoms with Gasteiger partial charge in [0.05, 0.1) is 12.4 Å². The minimum Gasteiger partial charge on any atom is -0.393 e. The average Bonchev–Trinajstić information content (AvgIpc) is 3.02. The summed E-state index contributed by atoms with van der Waals surface area (Å²) in [6.07, 6.45) is 6.50. The van der Waals surface area contributed by atoms with E-state index in [2.05, 4.69) is 6.92 Å². The molecule has 0 aromatic heterocycles. The van der Waals surface area contributed by atoms with Crippen LogP contribution in [0.1, 0.15) is 58.8 Å². The summed E-state index contributed by atoms with van der Waals surface area (Å²) in [5, 5.41) is 11.5. The van der Waals surface area contributed by atoms with Crippen molar-refractivity contribution < 1.29 is 36.8 Å². The van der Waals surface area contributed by atoms with Crippen LogP contribution in [0.3, 0.4) is 0 Å². The number of ketones is 2. The molecule has 0 bridgehead atoms. The van der Waals surface area contributed by atoms with Crippen LogP contribution in [0, 0.1) is 28.6 Å². The topological polar surface area (TPSA) is 116 Å². The fourth-order valence-electron chi connectivity index (χ4n) is 7.89. The number of hydrogen-bond acceptors (Lipinski definition) is 8. The summed E-state index contributed by atoms with van der Waals surface area (Å²) < 4.78 is 39.2. The molecule has 1 N–H and O–H groups in total. The number of fused-ring (bicyclic) bond motifs is 5. The second-order valence-corrected chi connectivity index (χ2v) is 12.5. The Balaban J connectivity index is 1.69. The van der Waals surface area contributed by atoms with Gasteiger partial charge in [-0.05, 0) is 67.8 Å². The molecule has 33 heavy (non-hydrogen) atoms. The largest absolute Gasteiger partial charge is 0.393 e. The van der Waals surface area contributed by atoms with Crippen LogP contribution in [0.15, 0.2) is 11.6 Å². The van der Waals surface area contributed by atoms with Gasteiger partial charge in [0, 0.05) is 18.9 Å². The maximum Gasteiger partial charge on any atom is 0.264 e. The summed E-state index contributed by atoms with van der Waals surface area (Å²) in [6.45, 7) is 3.48. The molecular formula is C24H36O8S. The van der Waals surface area contributed by atoms with Crippen LogP contribution in [0.25, 0.3) is 0 Å². The minimum absolute atomic E-state index is 0.0178. The van der Waals surface area contributed by atoms with Gasteiger partial charge in [-0.2, -0.15) is 8.42 Å². The first kappa shape index (κ1) is 25.0. The molecule has 9 heteroatoms. The number of carbonyl (C=O) groups excluding carboxylic acids is 2. The number of allylic oxidation sites excluding steroid dienone is 1. The van der Waals surface area contributed by atoms with Crippen molar-refractivity contribution in [2.45, 2.75) is 70.5 Å². The third-order valence-electron chi connectivity index (χ3n) is 9.29. The molecule has 0 radical (unpaired) electrons. The van der Waals surface area contributed by atoms with Gasteiger partial charge < -0.3 is 14.6 Å². The van der Waals surface area contributed by atoms with Crippen molar-refractivity contribution in [3.05, 3.63) is 11.6 Å². The number of rotatable bonds is 7. The lowest BCUT2D eigenvalue weighted by molar-refractivity contribution is -0.216. The zero-order valence-corrected chi connectivity index (χ0v) is 20.8. The van der Waals surface area contributed by atoms with Gasteiger partial charge in [0.25, 0.3) is 10.1 Å². The molecule has 3 saturated carbocycles. The lowest BCUT2D eigenvalue weighted by Crippen LogP contribution is -2.63. The van der Waals surface area contributed by atoms with Gasteiger partial charge in [-0.3, -0.25) is 13.8 Å². The Bertz CT molecular complexity index is 958. The molecule has 3 fully saturated rings. The van der Waals surface area contributed by atoms with Crippen molar-refractivity contribution in [2.75, 3.05) is 26.8 Å². The number of hydrogen-bond donors (Lipinski definition) is 1. The first-order valence-electron chi connectivity index (χ1n) is 11.8. The third-order valence-corrected chi connectivity index (χ3v) is 9.84. The summed E-state index contributed by atoms with van der Waals surface area (Å²) in [7, 11) is -2.31. The number of methoxy groups -OCH3 is 1. The molecule has 4 aliphatic rings. The second-order valence-electron chi connectivity index (χ2n) is 10.9. The molecule has 0 spiro atoms. The quantitative estimate of drug-likeness (QED) is 0.433. The number of ether oxygens (including phenoxy) is 2. The van der Waals surface area contributed by atoms with Crippen LogP contribution in [-0.2, 0) is 33.4 Å². The molecule has 186 valence electrons. The van der Waals surface area contributed by atoms with E-state index in [1.54, 1.807) is 6.08 Å².